The first-order valence-corrected chi connectivity index (χ1v) is 61.0. The number of methoxy groups -OCH3 is 1. The highest BCUT2D eigenvalue weighted by Gasteiger charge is 2.44. The van der Waals surface area contributed by atoms with E-state index in [0.717, 1.165) is 102 Å². The average molecular weight is 2060 g/mol. The number of para-hydroxylation sites is 1. The van der Waals surface area contributed by atoms with Gasteiger partial charge < -0.3 is 87.4 Å². The van der Waals surface area contributed by atoms with E-state index < -0.39 is 39.9 Å². The second kappa shape index (κ2) is 81.6. The van der Waals surface area contributed by atoms with E-state index in [9.17, 15) is 52.7 Å². The van der Waals surface area contributed by atoms with Crippen molar-refractivity contribution in [3.8, 4) is 0 Å². The molecule has 2 rings (SSSR count). The molecule has 31 nitrogen and oxygen atoms in total. The van der Waals surface area contributed by atoms with E-state index in [-0.39, 0.29) is 132 Å². The lowest BCUT2D eigenvalue weighted by molar-refractivity contribution is -0.155. The Morgan fingerprint density at radius 1 is 0.348 bits per heavy atom. The van der Waals surface area contributed by atoms with Crippen molar-refractivity contribution in [2.24, 2.45) is 62.6 Å². The summed E-state index contributed by atoms with van der Waals surface area (Å²) in [6.45, 7) is 56.6. The SMILES string of the molecule is CC1C(=O)N(c2ccccc2)C(=O)C1C.CCC(C)(C)C(=O)OC.CCC(C)(C)C(=O)OCCCCCCCC[SiH2]OC.CCC(C)(C)C(=O)OCCC[Si](C)(OC)OC.CCC(C)(C)C(=O)OCCC[Si](C)(OC)OC.CCC(C)(C)C(=O)OCCC[Si](OC)(OC)OC.CCC(C)C(=O)N(C)C.CCC(C)C(=O)N(C)C.CCC(C)C(=O)N(C)C.CCC(C)C(=O)OCCC[Si](C)(OC)OC. The normalized spacial score (nSPS) is 14.1. The van der Waals surface area contributed by atoms with Gasteiger partial charge in [-0.1, -0.05) is 154 Å². The Kier molecular flexibility index (Phi) is 87.2. The van der Waals surface area contributed by atoms with Crippen LogP contribution in [0.5, 0.6) is 0 Å². The molecule has 1 fully saturated rings. The first kappa shape index (κ1) is 148. The molecule has 0 spiro atoms. The molecule has 1 aliphatic heterocycles. The first-order chi connectivity index (χ1) is 64.0. The van der Waals surface area contributed by atoms with Crippen molar-refractivity contribution in [3.05, 3.63) is 30.3 Å². The summed E-state index contributed by atoms with van der Waals surface area (Å²) in [5.74, 6) is -0.139. The van der Waals surface area contributed by atoms with Gasteiger partial charge in [0, 0.05) is 149 Å². The molecule has 36 heteroatoms. The van der Waals surface area contributed by atoms with Gasteiger partial charge in [-0.3, -0.25) is 57.6 Å². The number of carbonyl (C=O) groups is 11. The largest absolute Gasteiger partial charge is 0.500 e. The zero-order chi connectivity index (χ0) is 109. The zero-order valence-corrected chi connectivity index (χ0v) is 101. The number of nitrogens with zero attached hydrogens (tertiary/aromatic N) is 4. The van der Waals surface area contributed by atoms with Gasteiger partial charge in [-0.2, -0.15) is 0 Å². The van der Waals surface area contributed by atoms with E-state index >= 15 is 0 Å². The van der Waals surface area contributed by atoms with Crippen molar-refractivity contribution in [2.75, 3.05) is 158 Å². The van der Waals surface area contributed by atoms with Gasteiger partial charge in [-0.15, -0.1) is 0 Å². The molecule has 1 heterocycles. The number of benzene rings is 1. The molecule has 0 radical (unpaired) electrons. The van der Waals surface area contributed by atoms with Crippen molar-refractivity contribution in [3.63, 3.8) is 0 Å². The summed E-state index contributed by atoms with van der Waals surface area (Å²) in [5, 5.41) is 0. The van der Waals surface area contributed by atoms with E-state index in [4.69, 9.17) is 67.9 Å². The van der Waals surface area contributed by atoms with Crippen LogP contribution in [0.1, 0.15) is 295 Å². The number of hydrogen-bond donors (Lipinski definition) is 0. The maximum Gasteiger partial charge on any atom is 0.500 e. The second-order valence-corrected chi connectivity index (χ2v) is 54.6. The molecule has 0 aromatic heterocycles. The fourth-order valence-electron chi connectivity index (χ4n) is 10.7. The van der Waals surface area contributed by atoms with Crippen molar-refractivity contribution >= 4 is 115 Å². The zero-order valence-electron chi connectivity index (χ0n) is 95.9. The van der Waals surface area contributed by atoms with E-state index in [2.05, 4.69) is 4.74 Å². The van der Waals surface area contributed by atoms with Gasteiger partial charge in [-0.25, -0.2) is 0 Å². The highest BCUT2D eigenvalue weighted by atomic mass is 28.4. The monoisotopic (exact) mass is 2060 g/mol. The van der Waals surface area contributed by atoms with E-state index in [1.54, 1.807) is 147 Å². The van der Waals surface area contributed by atoms with Crippen LogP contribution in [0.3, 0.4) is 0 Å². The molecule has 1 aromatic rings. The third-order valence-corrected chi connectivity index (χ3v) is 38.4. The van der Waals surface area contributed by atoms with Crippen LogP contribution in [0.2, 0.25) is 49.9 Å². The lowest BCUT2D eigenvalue weighted by Gasteiger charge is -2.24. The first-order valence-electron chi connectivity index (χ1n) is 49.9. The molecular formula is C102H206N4O27Si5. The third-order valence-electron chi connectivity index (χ3n) is 25.4. The number of imide groups is 1. The van der Waals surface area contributed by atoms with Gasteiger partial charge in [0.2, 0.25) is 29.5 Å². The van der Waals surface area contributed by atoms with Gasteiger partial charge >= 0.3 is 70.3 Å². The minimum atomic E-state index is -2.53. The maximum atomic E-state index is 11.8. The molecule has 1 aromatic carbocycles. The average Bonchev–Trinajstić information content (AvgIpc) is 1.64. The van der Waals surface area contributed by atoms with Crippen LogP contribution in [0.25, 0.3) is 0 Å². The van der Waals surface area contributed by atoms with Crippen molar-refractivity contribution in [1.29, 1.82) is 0 Å². The Labute approximate surface area is 846 Å². The standard InChI is InChI=1S/C15H32O3Si.C12H13NO2.C12H26O5Si.2C12H26O4Si.C11H24O4Si.3C7H15NO.C7H14O2/c1-5-15(2,3)14(16)18-12-10-8-6-7-9-11-13-19-17-4;1-8-9(2)12(15)13(11(8)14)10-6-4-3-5-7-10;1-7-12(2,3)11(13)17-9-8-10-18(14-4,15-5)16-6;2*1-7-12(2,3)11(13)16-9-8-10-17(6,14-4)15-5;1-6-10(2)11(12)15-8-7-9-16(5,13-3)14-4;3*1-5-6(2)7(9)8(3)4;1-5-7(2,3)6(8)9-4/h5-13,19H2,1-4H3;3-9H,1-2H3;7-10H2,1-6H3;2*7-10H2,1-6H3;10H,6-9H2,1-5H3;3*6H,5H2,1-4H3;5H2,1-4H3. The summed E-state index contributed by atoms with van der Waals surface area (Å²) < 4.78 is 83.9. The van der Waals surface area contributed by atoms with Gasteiger partial charge in [0.1, 0.15) is 0 Å². The summed E-state index contributed by atoms with van der Waals surface area (Å²) in [6.07, 6.45) is 18.0. The lowest BCUT2D eigenvalue weighted by atomic mass is 9.91. The number of rotatable bonds is 54. The van der Waals surface area contributed by atoms with Gasteiger partial charge in [0.15, 0.2) is 9.76 Å². The molecule has 138 heavy (non-hydrogen) atoms. The molecule has 0 N–H and O–H groups in total. The number of unbranched alkanes of at least 4 members (excludes halogenated alkanes) is 5. The molecule has 6 atom stereocenters. The molecule has 5 amide bonds. The van der Waals surface area contributed by atoms with Crippen LogP contribution in [0.15, 0.2) is 30.3 Å². The molecule has 6 unspecified atom stereocenters. The highest BCUT2D eigenvalue weighted by molar-refractivity contribution is 6.66. The number of carbonyl (C=O) groups excluding carboxylic acids is 11. The van der Waals surface area contributed by atoms with Gasteiger partial charge in [-0.05, 0) is 215 Å². The number of anilines is 1. The van der Waals surface area contributed by atoms with Crippen LogP contribution < -0.4 is 4.90 Å². The van der Waals surface area contributed by atoms with Crippen molar-refractivity contribution in [1.82, 2.24) is 14.7 Å². The summed E-state index contributed by atoms with van der Waals surface area (Å²) >= 11 is 0. The summed E-state index contributed by atoms with van der Waals surface area (Å²) in [4.78, 5) is 132. The number of hydrogen-bond acceptors (Lipinski definition) is 27. The van der Waals surface area contributed by atoms with Crippen LogP contribution in [-0.2, 0) is 125 Å². The predicted molar refractivity (Wildman–Crippen MR) is 568 cm³/mol. The van der Waals surface area contributed by atoms with Crippen LogP contribution in [0, 0.1) is 62.6 Å². The van der Waals surface area contributed by atoms with E-state index in [0.29, 0.717) is 51.2 Å². The molecule has 0 aliphatic carbocycles. The molecule has 0 bridgehead atoms. The summed E-state index contributed by atoms with van der Waals surface area (Å²) in [5.41, 5.74) is -1.16. The molecule has 816 valence electrons. The molecule has 1 saturated heterocycles. The third kappa shape index (κ3) is 67.0. The topological polar surface area (TPSA) is 348 Å². The van der Waals surface area contributed by atoms with Gasteiger partial charge in [0.05, 0.1) is 78.8 Å². The highest BCUT2D eigenvalue weighted by Crippen LogP contribution is 2.32. The van der Waals surface area contributed by atoms with Crippen molar-refractivity contribution in [2.45, 2.75) is 345 Å². The van der Waals surface area contributed by atoms with Crippen LogP contribution in [0.4, 0.5) is 5.69 Å². The Hall–Kier alpha value is -5.73. The summed E-state index contributed by atoms with van der Waals surface area (Å²) in [7, 11) is 19.9. The number of ether oxygens (including phenoxy) is 6. The smallest absolute Gasteiger partial charge is 0.469 e. The Bertz CT molecular complexity index is 3210. The Morgan fingerprint density at radius 3 is 0.819 bits per heavy atom. The van der Waals surface area contributed by atoms with Crippen LogP contribution >= 0.6 is 0 Å². The summed E-state index contributed by atoms with van der Waals surface area (Å²) in [6, 6.07) is 13.5. The number of esters is 6. The van der Waals surface area contributed by atoms with E-state index in [1.165, 1.54) is 50.2 Å². The quantitative estimate of drug-likeness (QED) is 0.0192. The van der Waals surface area contributed by atoms with E-state index in [1.807, 2.05) is 204 Å². The fourth-order valence-corrected chi connectivity index (χ4v) is 17.3. The fraction of sp³-hybridized carbons (Fsp3) is 0.833. The number of amides is 5. The minimum Gasteiger partial charge on any atom is -0.469 e. The van der Waals surface area contributed by atoms with Crippen molar-refractivity contribution < 1.29 is 125 Å². The predicted octanol–water partition coefficient (Wildman–Crippen LogP) is 20.3. The molecular weight excluding hydrogens is 1850 g/mol. The molecule has 0 saturated carbocycles. The lowest BCUT2D eigenvalue weighted by Crippen LogP contribution is -2.42. The second-order valence-electron chi connectivity index (χ2n) is 39.1. The minimum absolute atomic E-state index is 0.00604. The maximum absolute atomic E-state index is 11.8. The van der Waals surface area contributed by atoms with Gasteiger partial charge in [0.25, 0.3) is 0 Å². The Balaban J connectivity index is -0.000000229. The molecule has 1 aliphatic rings. The van der Waals surface area contributed by atoms with Crippen LogP contribution in [-0.4, -0.2) is 278 Å². The Morgan fingerprint density at radius 2 is 0.594 bits per heavy atom.